The summed E-state index contributed by atoms with van der Waals surface area (Å²) in [4.78, 5) is 14.7. The Bertz CT molecular complexity index is 731. The van der Waals surface area contributed by atoms with E-state index in [0.717, 1.165) is 48.9 Å². The Hall–Kier alpha value is -2.37. The summed E-state index contributed by atoms with van der Waals surface area (Å²) in [6, 6.07) is 5.01. The van der Waals surface area contributed by atoms with Gasteiger partial charge in [0, 0.05) is 18.3 Å². The molecule has 1 fully saturated rings. The normalized spacial score (nSPS) is 23.1. The number of carbonyl (C=O) groups is 1. The van der Waals surface area contributed by atoms with Gasteiger partial charge in [-0.05, 0) is 49.3 Å². The van der Waals surface area contributed by atoms with E-state index in [0.29, 0.717) is 6.42 Å². The first-order valence-electron chi connectivity index (χ1n) is 8.57. The lowest BCUT2D eigenvalue weighted by molar-refractivity contribution is 0.148. The second kappa shape index (κ2) is 6.26. The van der Waals surface area contributed by atoms with Crippen molar-refractivity contribution in [1.82, 2.24) is 20.4 Å². The summed E-state index contributed by atoms with van der Waals surface area (Å²) in [5.74, 6) is -0.168. The zero-order valence-corrected chi connectivity index (χ0v) is 13.5. The van der Waals surface area contributed by atoms with E-state index in [1.807, 2.05) is 17.2 Å². The second-order valence-corrected chi connectivity index (χ2v) is 6.58. The predicted molar refractivity (Wildman–Crippen MR) is 87.9 cm³/mol. The molecule has 0 bridgehead atoms. The van der Waals surface area contributed by atoms with Crippen LogP contribution in [0.4, 0.5) is 9.18 Å². The summed E-state index contributed by atoms with van der Waals surface area (Å²) in [7, 11) is 0. The maximum atomic E-state index is 13.9. The number of aromatic nitrogens is 2. The van der Waals surface area contributed by atoms with E-state index in [1.165, 1.54) is 6.07 Å². The van der Waals surface area contributed by atoms with Crippen LogP contribution in [-0.4, -0.2) is 27.7 Å². The van der Waals surface area contributed by atoms with E-state index in [1.54, 1.807) is 12.3 Å². The quantitative estimate of drug-likeness (QED) is 0.887. The zero-order valence-electron chi connectivity index (χ0n) is 13.5. The van der Waals surface area contributed by atoms with E-state index in [4.69, 9.17) is 0 Å². The number of benzene rings is 1. The van der Waals surface area contributed by atoms with Crippen molar-refractivity contribution in [2.24, 2.45) is 0 Å². The molecule has 0 spiro atoms. The highest BCUT2D eigenvalue weighted by atomic mass is 19.1. The fraction of sp³-hybridized carbons (Fsp3) is 0.444. The molecule has 0 unspecified atom stereocenters. The van der Waals surface area contributed by atoms with Gasteiger partial charge in [0.2, 0.25) is 0 Å². The molecule has 0 saturated carbocycles. The topological polar surface area (TPSA) is 61.0 Å². The van der Waals surface area contributed by atoms with E-state index in [-0.39, 0.29) is 23.9 Å². The zero-order chi connectivity index (χ0) is 16.5. The van der Waals surface area contributed by atoms with Gasteiger partial charge in [-0.15, -0.1) is 0 Å². The van der Waals surface area contributed by atoms with Crippen LogP contribution in [0.25, 0.3) is 0 Å². The molecule has 2 amide bonds. The number of halogens is 1. The highest BCUT2D eigenvalue weighted by Crippen LogP contribution is 2.34. The van der Waals surface area contributed by atoms with Gasteiger partial charge in [0.1, 0.15) is 5.82 Å². The van der Waals surface area contributed by atoms with E-state index < -0.39 is 0 Å². The van der Waals surface area contributed by atoms with Gasteiger partial charge in [0.05, 0.1) is 18.3 Å². The molecule has 2 atom stereocenters. The number of amides is 2. The van der Waals surface area contributed by atoms with Crippen LogP contribution in [0.5, 0.6) is 0 Å². The van der Waals surface area contributed by atoms with Crippen LogP contribution >= 0.6 is 0 Å². The Morgan fingerprint density at radius 3 is 3.08 bits per heavy atom. The third kappa shape index (κ3) is 2.66. The van der Waals surface area contributed by atoms with Gasteiger partial charge in [-0.3, -0.25) is 5.10 Å². The summed E-state index contributed by atoms with van der Waals surface area (Å²) in [5.41, 5.74) is 2.70. The van der Waals surface area contributed by atoms with E-state index in [2.05, 4.69) is 15.5 Å². The van der Waals surface area contributed by atoms with Gasteiger partial charge < -0.3 is 10.2 Å². The fourth-order valence-electron chi connectivity index (χ4n) is 3.96. The SMILES string of the molecule is O=C(N[C@H]1CCc2c(F)cccc21)N1CCCC[C@H]1c1cn[nH]c1. The van der Waals surface area contributed by atoms with E-state index >= 15 is 0 Å². The summed E-state index contributed by atoms with van der Waals surface area (Å²) in [6.45, 7) is 0.740. The molecule has 2 heterocycles. The molecule has 2 aromatic rings. The summed E-state index contributed by atoms with van der Waals surface area (Å²) < 4.78 is 13.9. The molecule has 5 nitrogen and oxygen atoms in total. The number of carbonyl (C=O) groups excluding carboxylic acids is 1. The number of hydrogen-bond acceptors (Lipinski definition) is 2. The number of aromatic amines is 1. The molecule has 1 aliphatic carbocycles. The van der Waals surface area contributed by atoms with Crippen molar-refractivity contribution in [2.75, 3.05) is 6.54 Å². The van der Waals surface area contributed by atoms with Gasteiger partial charge >= 0.3 is 6.03 Å². The number of nitrogens with zero attached hydrogens (tertiary/aromatic N) is 2. The molecule has 4 rings (SSSR count). The van der Waals surface area contributed by atoms with Crippen LogP contribution in [0.3, 0.4) is 0 Å². The first kappa shape index (κ1) is 15.2. The Balaban J connectivity index is 1.51. The lowest BCUT2D eigenvalue weighted by atomic mass is 9.98. The van der Waals surface area contributed by atoms with Gasteiger partial charge in [0.15, 0.2) is 0 Å². The number of fused-ring (bicyclic) bond motifs is 1. The lowest BCUT2D eigenvalue weighted by Gasteiger charge is -2.36. The van der Waals surface area contributed by atoms with Crippen LogP contribution < -0.4 is 5.32 Å². The lowest BCUT2D eigenvalue weighted by Crippen LogP contribution is -2.45. The maximum Gasteiger partial charge on any atom is 0.318 e. The smallest absolute Gasteiger partial charge is 0.318 e. The van der Waals surface area contributed by atoms with Crippen LogP contribution in [0, 0.1) is 5.82 Å². The Morgan fingerprint density at radius 1 is 1.33 bits per heavy atom. The fourth-order valence-corrected chi connectivity index (χ4v) is 3.96. The van der Waals surface area contributed by atoms with Crippen LogP contribution in [0.15, 0.2) is 30.6 Å². The minimum Gasteiger partial charge on any atom is -0.331 e. The summed E-state index contributed by atoms with van der Waals surface area (Å²) in [6.07, 6.45) is 8.15. The molecule has 126 valence electrons. The number of likely N-dealkylation sites (tertiary alicyclic amines) is 1. The molecule has 2 N–H and O–H groups in total. The predicted octanol–water partition coefficient (Wildman–Crippen LogP) is 3.47. The molecule has 1 aliphatic heterocycles. The average molecular weight is 328 g/mol. The number of H-pyrrole nitrogens is 1. The Kier molecular flexibility index (Phi) is 3.96. The van der Waals surface area contributed by atoms with Crippen molar-refractivity contribution in [2.45, 2.75) is 44.2 Å². The minimum absolute atomic E-state index is 0.0610. The van der Waals surface area contributed by atoms with Crippen molar-refractivity contribution >= 4 is 6.03 Å². The monoisotopic (exact) mass is 328 g/mol. The van der Waals surface area contributed by atoms with Gasteiger partial charge in [0.25, 0.3) is 0 Å². The first-order chi connectivity index (χ1) is 11.7. The molecule has 1 saturated heterocycles. The number of piperidine rings is 1. The number of hydrogen-bond donors (Lipinski definition) is 2. The van der Waals surface area contributed by atoms with Crippen molar-refractivity contribution in [3.63, 3.8) is 0 Å². The maximum absolute atomic E-state index is 13.9. The molecule has 6 heteroatoms. The van der Waals surface area contributed by atoms with Crippen molar-refractivity contribution in [3.8, 4) is 0 Å². The number of nitrogens with one attached hydrogen (secondary N) is 2. The number of urea groups is 1. The third-order valence-corrected chi connectivity index (χ3v) is 5.18. The molecule has 1 aromatic carbocycles. The minimum atomic E-state index is -0.168. The Morgan fingerprint density at radius 2 is 2.25 bits per heavy atom. The average Bonchev–Trinajstić information content (AvgIpc) is 3.26. The van der Waals surface area contributed by atoms with Gasteiger partial charge in [-0.1, -0.05) is 12.1 Å². The van der Waals surface area contributed by atoms with E-state index in [9.17, 15) is 9.18 Å². The third-order valence-electron chi connectivity index (χ3n) is 5.18. The molecule has 2 aliphatic rings. The molecular weight excluding hydrogens is 307 g/mol. The van der Waals surface area contributed by atoms with Crippen LogP contribution in [-0.2, 0) is 6.42 Å². The summed E-state index contributed by atoms with van der Waals surface area (Å²) in [5, 5.41) is 9.95. The van der Waals surface area contributed by atoms with Crippen molar-refractivity contribution in [3.05, 3.63) is 53.1 Å². The van der Waals surface area contributed by atoms with Crippen LogP contribution in [0.2, 0.25) is 0 Å². The van der Waals surface area contributed by atoms with Crippen LogP contribution in [0.1, 0.15) is 54.5 Å². The standard InChI is InChI=1S/C18H21FN4O/c19-15-5-3-4-14-13(15)7-8-16(14)22-18(24)23-9-2-1-6-17(23)12-10-20-21-11-12/h3-5,10-11,16-17H,1-2,6-9H2,(H,20,21)(H,22,24)/t16-,17-/m0/s1. The highest BCUT2D eigenvalue weighted by Gasteiger charge is 2.32. The van der Waals surface area contributed by atoms with Gasteiger partial charge in [-0.25, -0.2) is 9.18 Å². The summed E-state index contributed by atoms with van der Waals surface area (Å²) >= 11 is 0. The second-order valence-electron chi connectivity index (χ2n) is 6.58. The molecule has 24 heavy (non-hydrogen) atoms. The highest BCUT2D eigenvalue weighted by molar-refractivity contribution is 5.75. The largest absolute Gasteiger partial charge is 0.331 e. The van der Waals surface area contributed by atoms with Crippen molar-refractivity contribution in [1.29, 1.82) is 0 Å². The molecule has 1 aromatic heterocycles. The van der Waals surface area contributed by atoms with Gasteiger partial charge in [-0.2, -0.15) is 5.10 Å². The first-order valence-corrected chi connectivity index (χ1v) is 8.57. The number of rotatable bonds is 2. The molecule has 0 radical (unpaired) electrons. The van der Waals surface area contributed by atoms with Crippen molar-refractivity contribution < 1.29 is 9.18 Å². The Labute approximate surface area is 140 Å². The molecular formula is C18H21FN4O.